The number of aryl methyl sites for hydroxylation is 2. The Bertz CT molecular complexity index is 1180. The summed E-state index contributed by atoms with van der Waals surface area (Å²) in [5.41, 5.74) is 7.37. The average molecular weight is 366 g/mol. The highest BCUT2D eigenvalue weighted by molar-refractivity contribution is 6.14. The standard InChI is InChI=1S/C25H22N2O/c1-16-13-14-20(15-17(16)2)26-25(28)23-18(3)24(19-9-5-4-6-10-19)27-22-12-8-7-11-21(22)23/h4-15H,1-3H3,(H,26,28). The fourth-order valence-corrected chi connectivity index (χ4v) is 3.49. The van der Waals surface area contributed by atoms with Gasteiger partial charge in [0.05, 0.1) is 16.8 Å². The molecule has 28 heavy (non-hydrogen) atoms. The maximum Gasteiger partial charge on any atom is 0.256 e. The van der Waals surface area contributed by atoms with Gasteiger partial charge in [0, 0.05) is 16.6 Å². The molecule has 1 N–H and O–H groups in total. The molecule has 0 spiro atoms. The molecule has 3 heteroatoms. The van der Waals surface area contributed by atoms with Crippen LogP contribution in [0, 0.1) is 20.8 Å². The van der Waals surface area contributed by atoms with E-state index in [1.807, 2.05) is 86.6 Å². The molecule has 0 bridgehead atoms. The molecule has 0 atom stereocenters. The van der Waals surface area contributed by atoms with Gasteiger partial charge in [0.2, 0.25) is 0 Å². The van der Waals surface area contributed by atoms with Crippen LogP contribution < -0.4 is 5.32 Å². The van der Waals surface area contributed by atoms with Crippen LogP contribution in [0.1, 0.15) is 27.0 Å². The van der Waals surface area contributed by atoms with E-state index in [4.69, 9.17) is 4.98 Å². The number of anilines is 1. The molecule has 138 valence electrons. The summed E-state index contributed by atoms with van der Waals surface area (Å²) in [6, 6.07) is 23.8. The van der Waals surface area contributed by atoms with Gasteiger partial charge in [0.25, 0.3) is 5.91 Å². The van der Waals surface area contributed by atoms with Crippen molar-refractivity contribution < 1.29 is 4.79 Å². The summed E-state index contributed by atoms with van der Waals surface area (Å²) in [5.74, 6) is -0.114. The summed E-state index contributed by atoms with van der Waals surface area (Å²) in [5, 5.41) is 3.93. The second-order valence-electron chi connectivity index (χ2n) is 7.10. The maximum atomic E-state index is 13.3. The Morgan fingerprint density at radius 2 is 1.54 bits per heavy atom. The number of amides is 1. The van der Waals surface area contributed by atoms with Crippen LogP contribution in [0.15, 0.2) is 72.8 Å². The van der Waals surface area contributed by atoms with Crippen molar-refractivity contribution in [3.05, 3.63) is 95.1 Å². The molecule has 0 saturated heterocycles. The van der Waals surface area contributed by atoms with Gasteiger partial charge in [-0.3, -0.25) is 4.79 Å². The number of carbonyl (C=O) groups is 1. The zero-order chi connectivity index (χ0) is 19.7. The number of hydrogen-bond donors (Lipinski definition) is 1. The molecule has 4 aromatic rings. The SMILES string of the molecule is Cc1ccc(NC(=O)c2c(C)c(-c3ccccc3)nc3ccccc23)cc1C. The summed E-state index contributed by atoms with van der Waals surface area (Å²) in [7, 11) is 0. The van der Waals surface area contributed by atoms with Gasteiger partial charge in [-0.1, -0.05) is 54.6 Å². The monoisotopic (exact) mass is 366 g/mol. The topological polar surface area (TPSA) is 42.0 Å². The lowest BCUT2D eigenvalue weighted by Crippen LogP contribution is -2.15. The number of para-hydroxylation sites is 1. The summed E-state index contributed by atoms with van der Waals surface area (Å²) >= 11 is 0. The molecule has 1 aromatic heterocycles. The number of aromatic nitrogens is 1. The smallest absolute Gasteiger partial charge is 0.256 e. The highest BCUT2D eigenvalue weighted by Gasteiger charge is 2.19. The molecule has 3 nitrogen and oxygen atoms in total. The van der Waals surface area contributed by atoms with Crippen LogP contribution >= 0.6 is 0 Å². The second-order valence-corrected chi connectivity index (χ2v) is 7.10. The Labute approximate surface area is 165 Å². The lowest BCUT2D eigenvalue weighted by molar-refractivity contribution is 0.102. The normalized spacial score (nSPS) is 10.8. The van der Waals surface area contributed by atoms with Gasteiger partial charge in [-0.05, 0) is 55.7 Å². The Morgan fingerprint density at radius 3 is 2.29 bits per heavy atom. The fraction of sp³-hybridized carbons (Fsp3) is 0.120. The van der Waals surface area contributed by atoms with E-state index in [1.54, 1.807) is 0 Å². The van der Waals surface area contributed by atoms with Crippen LogP contribution in [0.25, 0.3) is 22.2 Å². The minimum absolute atomic E-state index is 0.114. The number of rotatable bonds is 3. The Morgan fingerprint density at radius 1 is 0.821 bits per heavy atom. The quantitative estimate of drug-likeness (QED) is 0.477. The summed E-state index contributed by atoms with van der Waals surface area (Å²) in [4.78, 5) is 18.1. The van der Waals surface area contributed by atoms with Crippen molar-refractivity contribution in [2.45, 2.75) is 20.8 Å². The minimum Gasteiger partial charge on any atom is -0.322 e. The molecular weight excluding hydrogens is 344 g/mol. The number of fused-ring (bicyclic) bond motifs is 1. The summed E-state index contributed by atoms with van der Waals surface area (Å²) < 4.78 is 0. The van der Waals surface area contributed by atoms with E-state index >= 15 is 0 Å². The zero-order valence-corrected chi connectivity index (χ0v) is 16.3. The van der Waals surface area contributed by atoms with Gasteiger partial charge in [0.1, 0.15) is 0 Å². The number of nitrogens with zero attached hydrogens (tertiary/aromatic N) is 1. The van der Waals surface area contributed by atoms with Crippen molar-refractivity contribution in [2.75, 3.05) is 5.32 Å². The first-order valence-corrected chi connectivity index (χ1v) is 9.38. The van der Waals surface area contributed by atoms with Crippen LogP contribution in [0.4, 0.5) is 5.69 Å². The summed E-state index contributed by atoms with van der Waals surface area (Å²) in [6.45, 7) is 6.08. The van der Waals surface area contributed by atoms with E-state index in [9.17, 15) is 4.79 Å². The fourth-order valence-electron chi connectivity index (χ4n) is 3.49. The number of benzene rings is 3. The largest absolute Gasteiger partial charge is 0.322 e. The predicted molar refractivity (Wildman–Crippen MR) is 116 cm³/mol. The van der Waals surface area contributed by atoms with Crippen LogP contribution in [0.3, 0.4) is 0 Å². The molecule has 1 heterocycles. The molecule has 0 aliphatic heterocycles. The van der Waals surface area contributed by atoms with E-state index in [0.29, 0.717) is 5.56 Å². The number of hydrogen-bond acceptors (Lipinski definition) is 2. The molecule has 0 unspecified atom stereocenters. The van der Waals surface area contributed by atoms with Gasteiger partial charge >= 0.3 is 0 Å². The maximum absolute atomic E-state index is 13.3. The van der Waals surface area contributed by atoms with Gasteiger partial charge in [-0.15, -0.1) is 0 Å². The molecule has 0 radical (unpaired) electrons. The lowest BCUT2D eigenvalue weighted by atomic mass is 9.97. The zero-order valence-electron chi connectivity index (χ0n) is 16.3. The minimum atomic E-state index is -0.114. The van der Waals surface area contributed by atoms with E-state index in [1.165, 1.54) is 5.56 Å². The lowest BCUT2D eigenvalue weighted by Gasteiger charge is -2.15. The predicted octanol–water partition coefficient (Wildman–Crippen LogP) is 6.08. The first-order chi connectivity index (χ1) is 13.5. The number of carbonyl (C=O) groups excluding carboxylic acids is 1. The number of nitrogens with one attached hydrogen (secondary N) is 1. The van der Waals surface area contributed by atoms with Crippen LogP contribution in [-0.4, -0.2) is 10.9 Å². The molecule has 1 amide bonds. The van der Waals surface area contributed by atoms with Crippen molar-refractivity contribution in [1.82, 2.24) is 4.98 Å². The van der Waals surface area contributed by atoms with E-state index in [-0.39, 0.29) is 5.91 Å². The van der Waals surface area contributed by atoms with Crippen molar-refractivity contribution in [2.24, 2.45) is 0 Å². The molecule has 3 aromatic carbocycles. The van der Waals surface area contributed by atoms with Gasteiger partial charge in [0.15, 0.2) is 0 Å². The molecule has 0 aliphatic carbocycles. The van der Waals surface area contributed by atoms with Crippen molar-refractivity contribution in [1.29, 1.82) is 0 Å². The van der Waals surface area contributed by atoms with Crippen LogP contribution in [0.5, 0.6) is 0 Å². The van der Waals surface area contributed by atoms with Crippen molar-refractivity contribution in [3.63, 3.8) is 0 Å². The van der Waals surface area contributed by atoms with Gasteiger partial charge in [-0.25, -0.2) is 4.98 Å². The third kappa shape index (κ3) is 3.27. The molecular formula is C25H22N2O. The highest BCUT2D eigenvalue weighted by atomic mass is 16.1. The van der Waals surface area contributed by atoms with Crippen LogP contribution in [-0.2, 0) is 0 Å². The van der Waals surface area contributed by atoms with E-state index in [2.05, 4.69) is 12.2 Å². The first-order valence-electron chi connectivity index (χ1n) is 9.38. The third-order valence-electron chi connectivity index (χ3n) is 5.17. The average Bonchev–Trinajstić information content (AvgIpc) is 2.71. The van der Waals surface area contributed by atoms with E-state index < -0.39 is 0 Å². The molecule has 4 rings (SSSR count). The van der Waals surface area contributed by atoms with Gasteiger partial charge in [-0.2, -0.15) is 0 Å². The van der Waals surface area contributed by atoms with Crippen molar-refractivity contribution in [3.8, 4) is 11.3 Å². The molecule has 0 saturated carbocycles. The number of pyridine rings is 1. The van der Waals surface area contributed by atoms with Crippen LogP contribution in [0.2, 0.25) is 0 Å². The molecule has 0 aliphatic rings. The molecule has 0 fully saturated rings. The Balaban J connectivity index is 1.86. The van der Waals surface area contributed by atoms with Gasteiger partial charge < -0.3 is 5.32 Å². The summed E-state index contributed by atoms with van der Waals surface area (Å²) in [6.07, 6.45) is 0. The highest BCUT2D eigenvalue weighted by Crippen LogP contribution is 2.30. The Kier molecular flexibility index (Phi) is 4.66. The first kappa shape index (κ1) is 17.9. The van der Waals surface area contributed by atoms with Crippen molar-refractivity contribution >= 4 is 22.5 Å². The Hall–Kier alpha value is -3.46. The second kappa shape index (κ2) is 7.28. The third-order valence-corrected chi connectivity index (χ3v) is 5.17. The van der Waals surface area contributed by atoms with E-state index in [0.717, 1.165) is 39.0 Å².